The smallest absolute Gasteiger partial charge is 0.407 e. The lowest BCUT2D eigenvalue weighted by molar-refractivity contribution is -0.142. The molecule has 2 N–H and O–H groups in total. The van der Waals surface area contributed by atoms with E-state index < -0.39 is 12.1 Å². The van der Waals surface area contributed by atoms with E-state index in [0.717, 1.165) is 0 Å². The number of carboxylic acid groups (broad SMARTS) is 1. The van der Waals surface area contributed by atoms with E-state index in [1.165, 1.54) is 7.05 Å². The second kappa shape index (κ2) is 9.50. The molecule has 2 unspecified atom stereocenters. The molecule has 5 heteroatoms. The average molecular weight is 257 g/mol. The van der Waals surface area contributed by atoms with Crippen molar-refractivity contribution in [1.82, 2.24) is 5.32 Å². The summed E-state index contributed by atoms with van der Waals surface area (Å²) in [6.45, 7) is 4.00. The third-order valence-electron chi connectivity index (χ3n) is 2.64. The topological polar surface area (TPSA) is 75.6 Å². The molecular formula is C13H23NO4. The van der Waals surface area contributed by atoms with Gasteiger partial charge in [0.15, 0.2) is 0 Å². The summed E-state index contributed by atoms with van der Waals surface area (Å²) in [4.78, 5) is 21.9. The number of ether oxygens (including phenoxy) is 1. The molecule has 0 saturated carbocycles. The number of carbonyl (C=O) groups excluding carboxylic acids is 1. The molecule has 0 aromatic heterocycles. The summed E-state index contributed by atoms with van der Waals surface area (Å²) in [5, 5.41) is 11.3. The zero-order chi connectivity index (χ0) is 14.0. The number of amides is 1. The SMILES string of the molecule is CC.CNC(=O)OC1/C=C/CCC(C(=O)O)CC1. The second-order valence-corrected chi connectivity index (χ2v) is 3.81. The molecule has 1 amide bonds. The predicted octanol–water partition coefficient (Wildman–Crippen LogP) is 2.57. The fourth-order valence-corrected chi connectivity index (χ4v) is 1.69. The van der Waals surface area contributed by atoms with Gasteiger partial charge in [0.1, 0.15) is 6.10 Å². The number of hydrogen-bond donors (Lipinski definition) is 2. The van der Waals surface area contributed by atoms with E-state index in [-0.39, 0.29) is 12.0 Å². The van der Waals surface area contributed by atoms with E-state index in [0.29, 0.717) is 25.7 Å². The number of nitrogens with one attached hydrogen (secondary N) is 1. The van der Waals surface area contributed by atoms with Gasteiger partial charge in [-0.1, -0.05) is 19.9 Å². The van der Waals surface area contributed by atoms with Gasteiger partial charge in [-0.25, -0.2) is 4.79 Å². The second-order valence-electron chi connectivity index (χ2n) is 3.81. The number of aliphatic carboxylic acids is 1. The Morgan fingerprint density at radius 2 is 1.94 bits per heavy atom. The molecule has 0 aliphatic heterocycles. The zero-order valence-electron chi connectivity index (χ0n) is 11.3. The summed E-state index contributed by atoms with van der Waals surface area (Å²) in [6.07, 6.45) is 5.37. The molecule has 0 fully saturated rings. The molecule has 1 aliphatic carbocycles. The van der Waals surface area contributed by atoms with Crippen LogP contribution in [0, 0.1) is 5.92 Å². The summed E-state index contributed by atoms with van der Waals surface area (Å²) in [5.41, 5.74) is 0. The largest absolute Gasteiger partial charge is 0.481 e. The Bertz CT molecular complexity index is 289. The maximum absolute atomic E-state index is 11.0. The van der Waals surface area contributed by atoms with Gasteiger partial charge in [0.05, 0.1) is 5.92 Å². The lowest BCUT2D eigenvalue weighted by Gasteiger charge is -2.19. The first kappa shape index (κ1) is 16.5. The van der Waals surface area contributed by atoms with Gasteiger partial charge < -0.3 is 15.2 Å². The molecule has 5 nitrogen and oxygen atoms in total. The van der Waals surface area contributed by atoms with Gasteiger partial charge in [-0.15, -0.1) is 0 Å². The minimum atomic E-state index is -0.769. The van der Waals surface area contributed by atoms with Crippen molar-refractivity contribution in [1.29, 1.82) is 0 Å². The summed E-state index contributed by atoms with van der Waals surface area (Å²) in [5.74, 6) is -1.10. The van der Waals surface area contributed by atoms with Crippen molar-refractivity contribution in [2.45, 2.75) is 45.6 Å². The summed E-state index contributed by atoms with van der Waals surface area (Å²) < 4.78 is 5.07. The molecule has 0 spiro atoms. The van der Waals surface area contributed by atoms with E-state index in [4.69, 9.17) is 9.84 Å². The minimum Gasteiger partial charge on any atom is -0.481 e. The summed E-state index contributed by atoms with van der Waals surface area (Å²) >= 11 is 0. The number of alkyl carbamates (subject to hydrolysis) is 1. The number of carbonyl (C=O) groups is 2. The molecule has 1 rings (SSSR count). The lowest BCUT2D eigenvalue weighted by atomic mass is 9.93. The van der Waals surface area contributed by atoms with Gasteiger partial charge in [-0.3, -0.25) is 4.79 Å². The van der Waals surface area contributed by atoms with Crippen LogP contribution in [0.1, 0.15) is 39.5 Å². The van der Waals surface area contributed by atoms with Crippen molar-refractivity contribution in [3.8, 4) is 0 Å². The molecule has 0 aromatic rings. The normalized spacial score (nSPS) is 24.6. The van der Waals surface area contributed by atoms with Crippen molar-refractivity contribution in [2.24, 2.45) is 5.92 Å². The first-order chi connectivity index (χ1) is 8.63. The molecule has 1 aliphatic rings. The van der Waals surface area contributed by atoms with Crippen LogP contribution in [-0.2, 0) is 9.53 Å². The van der Waals surface area contributed by atoms with Gasteiger partial charge >= 0.3 is 12.1 Å². The van der Waals surface area contributed by atoms with Crippen LogP contribution in [0.4, 0.5) is 4.79 Å². The third-order valence-corrected chi connectivity index (χ3v) is 2.64. The third kappa shape index (κ3) is 6.27. The summed E-state index contributed by atoms with van der Waals surface area (Å²) in [7, 11) is 1.50. The highest BCUT2D eigenvalue weighted by molar-refractivity contribution is 5.70. The quantitative estimate of drug-likeness (QED) is 0.745. The Morgan fingerprint density at radius 3 is 2.50 bits per heavy atom. The van der Waals surface area contributed by atoms with Gasteiger partial charge in [-0.2, -0.15) is 0 Å². The standard InChI is InChI=1S/C11H17NO4.C2H6/c1-12-11(15)16-9-5-3-2-4-8(6-7-9)10(13)14;1-2/h3,5,8-9H,2,4,6-7H2,1H3,(H,12,15)(H,13,14);1-2H3/b5-3+;. The first-order valence-corrected chi connectivity index (χ1v) is 6.41. The van der Waals surface area contributed by atoms with Crippen LogP contribution in [0.15, 0.2) is 12.2 Å². The fraction of sp³-hybridized carbons (Fsp3) is 0.692. The van der Waals surface area contributed by atoms with E-state index in [1.54, 1.807) is 0 Å². The average Bonchev–Trinajstić information content (AvgIpc) is 2.34. The molecule has 104 valence electrons. The van der Waals surface area contributed by atoms with Crippen molar-refractivity contribution in [3.63, 3.8) is 0 Å². The van der Waals surface area contributed by atoms with Crippen LogP contribution < -0.4 is 5.32 Å². The maximum Gasteiger partial charge on any atom is 0.407 e. The minimum absolute atomic E-state index is 0.318. The molecule has 2 atom stereocenters. The molecule has 0 heterocycles. The fourth-order valence-electron chi connectivity index (χ4n) is 1.69. The van der Waals surface area contributed by atoms with Crippen LogP contribution in [0.2, 0.25) is 0 Å². The molecule has 18 heavy (non-hydrogen) atoms. The number of hydrogen-bond acceptors (Lipinski definition) is 3. The number of allylic oxidation sites excluding steroid dienone is 1. The Kier molecular flexibility index (Phi) is 8.70. The zero-order valence-corrected chi connectivity index (χ0v) is 11.3. The highest BCUT2D eigenvalue weighted by atomic mass is 16.6. The van der Waals surface area contributed by atoms with Gasteiger partial charge in [0, 0.05) is 7.05 Å². The van der Waals surface area contributed by atoms with Gasteiger partial charge in [0.2, 0.25) is 0 Å². The van der Waals surface area contributed by atoms with E-state index in [9.17, 15) is 9.59 Å². The molecular weight excluding hydrogens is 234 g/mol. The van der Waals surface area contributed by atoms with Crippen molar-refractivity contribution in [2.75, 3.05) is 7.05 Å². The molecule has 0 radical (unpaired) electrons. The van der Waals surface area contributed by atoms with Crippen molar-refractivity contribution in [3.05, 3.63) is 12.2 Å². The molecule has 0 bridgehead atoms. The van der Waals surface area contributed by atoms with E-state index >= 15 is 0 Å². The van der Waals surface area contributed by atoms with Crippen LogP contribution in [0.3, 0.4) is 0 Å². The van der Waals surface area contributed by atoms with Crippen LogP contribution >= 0.6 is 0 Å². The van der Waals surface area contributed by atoms with Crippen LogP contribution in [0.25, 0.3) is 0 Å². The van der Waals surface area contributed by atoms with Crippen LogP contribution in [-0.4, -0.2) is 30.3 Å². The van der Waals surface area contributed by atoms with Crippen molar-refractivity contribution >= 4 is 12.1 Å². The van der Waals surface area contributed by atoms with Crippen molar-refractivity contribution < 1.29 is 19.4 Å². The number of carboxylic acids is 1. The summed E-state index contributed by atoms with van der Waals surface area (Å²) in [6, 6.07) is 0. The lowest BCUT2D eigenvalue weighted by Crippen LogP contribution is -2.26. The molecule has 0 aromatic carbocycles. The van der Waals surface area contributed by atoms with Gasteiger partial charge in [0.25, 0.3) is 0 Å². The van der Waals surface area contributed by atoms with Gasteiger partial charge in [-0.05, 0) is 31.8 Å². The Morgan fingerprint density at radius 1 is 1.28 bits per heavy atom. The Labute approximate surface area is 108 Å². The monoisotopic (exact) mass is 257 g/mol. The highest BCUT2D eigenvalue weighted by Gasteiger charge is 2.21. The van der Waals surface area contributed by atoms with E-state index in [1.807, 2.05) is 26.0 Å². The first-order valence-electron chi connectivity index (χ1n) is 6.41. The predicted molar refractivity (Wildman–Crippen MR) is 69.4 cm³/mol. The Hall–Kier alpha value is -1.52. The Balaban J connectivity index is 0.00000137. The highest BCUT2D eigenvalue weighted by Crippen LogP contribution is 2.20. The maximum atomic E-state index is 11.0. The molecule has 0 saturated heterocycles. The van der Waals surface area contributed by atoms with Crippen LogP contribution in [0.5, 0.6) is 0 Å². The number of rotatable bonds is 2. The van der Waals surface area contributed by atoms with E-state index in [2.05, 4.69) is 5.32 Å².